The van der Waals surface area contributed by atoms with Crippen LogP contribution in [0.1, 0.15) is 28.4 Å². The van der Waals surface area contributed by atoms with Gasteiger partial charge in [0.1, 0.15) is 12.4 Å². The van der Waals surface area contributed by atoms with Gasteiger partial charge >= 0.3 is 0 Å². The van der Waals surface area contributed by atoms with E-state index in [0.29, 0.717) is 24.7 Å². The molecule has 0 unspecified atom stereocenters. The first-order chi connectivity index (χ1) is 13.1. The Kier molecular flexibility index (Phi) is 6.88. The molecule has 0 aliphatic heterocycles. The minimum atomic E-state index is -0.554. The highest BCUT2D eigenvalue weighted by atomic mass is 35.5. The zero-order valence-corrected chi connectivity index (χ0v) is 16.1. The molecule has 4 heteroatoms. The SMILES string of the molecule is Cc1ccccc1COc1ccc(Cl)cc1CNC[C@@H](O)c1ccccc1. The number of hydrogen-bond donors (Lipinski definition) is 2. The molecule has 3 aromatic carbocycles. The molecule has 0 fully saturated rings. The molecule has 3 rings (SSSR count). The number of halogens is 1. The van der Waals surface area contributed by atoms with Crippen molar-refractivity contribution in [3.63, 3.8) is 0 Å². The van der Waals surface area contributed by atoms with Gasteiger partial charge < -0.3 is 15.2 Å². The van der Waals surface area contributed by atoms with Gasteiger partial charge in [0.15, 0.2) is 0 Å². The van der Waals surface area contributed by atoms with Crippen LogP contribution in [-0.4, -0.2) is 11.7 Å². The minimum Gasteiger partial charge on any atom is -0.489 e. The summed E-state index contributed by atoms with van der Waals surface area (Å²) in [5.41, 5.74) is 4.23. The van der Waals surface area contributed by atoms with E-state index in [9.17, 15) is 5.11 Å². The maximum Gasteiger partial charge on any atom is 0.124 e. The lowest BCUT2D eigenvalue weighted by Crippen LogP contribution is -2.21. The molecule has 2 N–H and O–H groups in total. The van der Waals surface area contributed by atoms with Crippen LogP contribution in [0.2, 0.25) is 5.02 Å². The number of benzene rings is 3. The van der Waals surface area contributed by atoms with E-state index in [2.05, 4.69) is 24.4 Å². The molecule has 0 aliphatic carbocycles. The quantitative estimate of drug-likeness (QED) is 0.573. The van der Waals surface area contributed by atoms with Crippen molar-refractivity contribution >= 4 is 11.6 Å². The maximum atomic E-state index is 10.3. The molecule has 140 valence electrons. The van der Waals surface area contributed by atoms with Crippen molar-refractivity contribution in [2.75, 3.05) is 6.54 Å². The van der Waals surface area contributed by atoms with Crippen LogP contribution < -0.4 is 10.1 Å². The predicted octanol–water partition coefficient (Wildman–Crippen LogP) is 5.05. The maximum absolute atomic E-state index is 10.3. The molecular formula is C23H24ClNO2. The Morgan fingerprint density at radius 1 is 0.963 bits per heavy atom. The Labute approximate surface area is 165 Å². The number of aryl methyl sites for hydroxylation is 1. The van der Waals surface area contributed by atoms with Crippen LogP contribution in [0.3, 0.4) is 0 Å². The van der Waals surface area contributed by atoms with Gasteiger partial charge in [0.25, 0.3) is 0 Å². The number of nitrogens with one attached hydrogen (secondary N) is 1. The van der Waals surface area contributed by atoms with E-state index >= 15 is 0 Å². The van der Waals surface area contributed by atoms with Crippen molar-refractivity contribution in [1.82, 2.24) is 5.32 Å². The van der Waals surface area contributed by atoms with Crippen LogP contribution in [-0.2, 0) is 13.2 Å². The third kappa shape index (κ3) is 5.57. The van der Waals surface area contributed by atoms with E-state index in [1.807, 2.05) is 60.7 Å². The van der Waals surface area contributed by atoms with Gasteiger partial charge in [0.2, 0.25) is 0 Å². The smallest absolute Gasteiger partial charge is 0.124 e. The van der Waals surface area contributed by atoms with Gasteiger partial charge in [-0.25, -0.2) is 0 Å². The molecule has 27 heavy (non-hydrogen) atoms. The third-order valence-electron chi connectivity index (χ3n) is 4.50. The summed E-state index contributed by atoms with van der Waals surface area (Å²) >= 11 is 6.16. The van der Waals surface area contributed by atoms with Crippen molar-refractivity contribution < 1.29 is 9.84 Å². The lowest BCUT2D eigenvalue weighted by molar-refractivity contribution is 0.174. The molecule has 0 aliphatic rings. The van der Waals surface area contributed by atoms with Crippen molar-refractivity contribution in [2.24, 2.45) is 0 Å². The van der Waals surface area contributed by atoms with Gasteiger partial charge in [-0.3, -0.25) is 0 Å². The van der Waals surface area contributed by atoms with Gasteiger partial charge in [0, 0.05) is 23.7 Å². The second-order valence-electron chi connectivity index (χ2n) is 6.52. The summed E-state index contributed by atoms with van der Waals surface area (Å²) in [5.74, 6) is 0.796. The van der Waals surface area contributed by atoms with E-state index < -0.39 is 6.10 Å². The number of aliphatic hydroxyl groups excluding tert-OH is 1. The first-order valence-electron chi connectivity index (χ1n) is 9.03. The van der Waals surface area contributed by atoms with Crippen LogP contribution in [0.15, 0.2) is 72.8 Å². The summed E-state index contributed by atoms with van der Waals surface area (Å²) in [5, 5.41) is 14.2. The van der Waals surface area contributed by atoms with E-state index in [0.717, 1.165) is 22.4 Å². The van der Waals surface area contributed by atoms with Gasteiger partial charge in [-0.05, 0) is 41.8 Å². The second-order valence-corrected chi connectivity index (χ2v) is 6.96. The van der Waals surface area contributed by atoms with E-state index in [1.54, 1.807) is 0 Å². The summed E-state index contributed by atoms with van der Waals surface area (Å²) in [4.78, 5) is 0. The molecule has 3 nitrogen and oxygen atoms in total. The first-order valence-corrected chi connectivity index (χ1v) is 9.41. The topological polar surface area (TPSA) is 41.5 Å². The predicted molar refractivity (Wildman–Crippen MR) is 110 cm³/mol. The van der Waals surface area contributed by atoms with Crippen LogP contribution >= 0.6 is 11.6 Å². The highest BCUT2D eigenvalue weighted by molar-refractivity contribution is 6.30. The zero-order valence-electron chi connectivity index (χ0n) is 15.4. The number of hydrogen-bond acceptors (Lipinski definition) is 3. The fourth-order valence-electron chi connectivity index (χ4n) is 2.89. The van der Waals surface area contributed by atoms with Gasteiger partial charge in [0.05, 0.1) is 6.10 Å². The lowest BCUT2D eigenvalue weighted by Gasteiger charge is -2.15. The molecule has 0 spiro atoms. The minimum absolute atomic E-state index is 0.452. The van der Waals surface area contributed by atoms with Crippen molar-refractivity contribution in [2.45, 2.75) is 26.2 Å². The summed E-state index contributed by atoms with van der Waals surface area (Å²) in [7, 11) is 0. The molecule has 3 aromatic rings. The molecule has 0 heterocycles. The summed E-state index contributed by atoms with van der Waals surface area (Å²) in [6, 6.07) is 23.4. The average molecular weight is 382 g/mol. The fourth-order valence-corrected chi connectivity index (χ4v) is 3.09. The highest BCUT2D eigenvalue weighted by Gasteiger charge is 2.09. The van der Waals surface area contributed by atoms with Crippen molar-refractivity contribution in [1.29, 1.82) is 0 Å². The van der Waals surface area contributed by atoms with E-state index in [1.165, 1.54) is 5.56 Å². The number of aliphatic hydroxyl groups is 1. The Morgan fingerprint density at radius 3 is 2.48 bits per heavy atom. The normalized spacial score (nSPS) is 12.0. The fraction of sp³-hybridized carbons (Fsp3) is 0.217. The first kappa shape index (κ1) is 19.4. The molecule has 0 bridgehead atoms. The van der Waals surface area contributed by atoms with E-state index in [-0.39, 0.29) is 0 Å². The molecular weight excluding hydrogens is 358 g/mol. The number of rotatable bonds is 8. The largest absolute Gasteiger partial charge is 0.489 e. The Balaban J connectivity index is 1.61. The lowest BCUT2D eigenvalue weighted by atomic mass is 10.1. The molecule has 0 saturated heterocycles. The van der Waals surface area contributed by atoms with Crippen LogP contribution in [0, 0.1) is 6.92 Å². The number of ether oxygens (including phenoxy) is 1. The Bertz CT molecular complexity index is 867. The Morgan fingerprint density at radius 2 is 1.70 bits per heavy atom. The molecule has 1 atom stereocenters. The van der Waals surface area contributed by atoms with Crippen molar-refractivity contribution in [3.8, 4) is 5.75 Å². The summed E-state index contributed by atoms with van der Waals surface area (Å²) in [6.07, 6.45) is -0.554. The summed E-state index contributed by atoms with van der Waals surface area (Å²) in [6.45, 7) is 3.60. The van der Waals surface area contributed by atoms with Crippen molar-refractivity contribution in [3.05, 3.63) is 100 Å². The standard InChI is InChI=1S/C23H24ClNO2/c1-17-7-5-6-10-19(17)16-27-23-12-11-21(24)13-20(23)14-25-15-22(26)18-8-3-2-4-9-18/h2-13,22,25-26H,14-16H2,1H3/t22-/m1/s1. The summed E-state index contributed by atoms with van der Waals surface area (Å²) < 4.78 is 6.04. The second kappa shape index (κ2) is 9.56. The Hall–Kier alpha value is -2.33. The third-order valence-corrected chi connectivity index (χ3v) is 4.74. The van der Waals surface area contributed by atoms with Crippen LogP contribution in [0.4, 0.5) is 0 Å². The van der Waals surface area contributed by atoms with Crippen LogP contribution in [0.5, 0.6) is 5.75 Å². The van der Waals surface area contributed by atoms with Gasteiger partial charge in [-0.1, -0.05) is 66.2 Å². The molecule has 0 aromatic heterocycles. The molecule has 0 amide bonds. The van der Waals surface area contributed by atoms with Gasteiger partial charge in [-0.15, -0.1) is 0 Å². The zero-order chi connectivity index (χ0) is 19.1. The van der Waals surface area contributed by atoms with Gasteiger partial charge in [-0.2, -0.15) is 0 Å². The monoisotopic (exact) mass is 381 g/mol. The highest BCUT2D eigenvalue weighted by Crippen LogP contribution is 2.24. The average Bonchev–Trinajstić information content (AvgIpc) is 2.69. The molecule has 0 saturated carbocycles. The van der Waals surface area contributed by atoms with Crippen LogP contribution in [0.25, 0.3) is 0 Å². The van der Waals surface area contributed by atoms with E-state index in [4.69, 9.17) is 16.3 Å². The molecule has 0 radical (unpaired) electrons.